The number of nitrogens with one attached hydrogen (secondary N) is 2. The summed E-state index contributed by atoms with van der Waals surface area (Å²) in [5, 5.41) is 3.43. The minimum Gasteiger partial charge on any atom is -0.339 e. The van der Waals surface area contributed by atoms with Gasteiger partial charge in [-0.1, -0.05) is 6.07 Å². The first kappa shape index (κ1) is 15.6. The van der Waals surface area contributed by atoms with Crippen LogP contribution in [0.3, 0.4) is 0 Å². The second kappa shape index (κ2) is 7.26. The van der Waals surface area contributed by atoms with Gasteiger partial charge in [-0.05, 0) is 71.5 Å². The summed E-state index contributed by atoms with van der Waals surface area (Å²) in [6.07, 6.45) is 1.62. The van der Waals surface area contributed by atoms with Gasteiger partial charge in [-0.3, -0.25) is 4.72 Å². The van der Waals surface area contributed by atoms with E-state index in [-0.39, 0.29) is 5.28 Å². The van der Waals surface area contributed by atoms with Crippen molar-refractivity contribution in [1.82, 2.24) is 14.7 Å². The Kier molecular flexibility index (Phi) is 5.65. The van der Waals surface area contributed by atoms with Crippen LogP contribution in [0.4, 0.5) is 11.5 Å². The highest BCUT2D eigenvalue weighted by Gasteiger charge is 2.05. The molecule has 0 saturated heterocycles. The number of halogens is 2. The van der Waals surface area contributed by atoms with E-state index in [4.69, 9.17) is 11.6 Å². The van der Waals surface area contributed by atoms with Crippen LogP contribution in [0.25, 0.3) is 0 Å². The molecule has 7 heteroatoms. The summed E-state index contributed by atoms with van der Waals surface area (Å²) in [4.78, 5) is 9.17. The molecule has 0 unspecified atom stereocenters. The fourth-order valence-corrected chi connectivity index (χ4v) is 2.52. The lowest BCUT2D eigenvalue weighted by Gasteiger charge is -2.10. The van der Waals surface area contributed by atoms with Crippen LogP contribution in [0.1, 0.15) is 13.8 Å². The van der Waals surface area contributed by atoms with E-state index in [0.717, 1.165) is 15.1 Å². The second-order valence-electron chi connectivity index (χ2n) is 4.36. The van der Waals surface area contributed by atoms with E-state index in [1.165, 1.54) is 0 Å². The molecule has 0 aliphatic rings. The van der Waals surface area contributed by atoms with Crippen molar-refractivity contribution in [2.24, 2.45) is 0 Å². The highest BCUT2D eigenvalue weighted by Crippen LogP contribution is 2.26. The smallest absolute Gasteiger partial charge is 0.224 e. The Morgan fingerprint density at radius 1 is 1.35 bits per heavy atom. The van der Waals surface area contributed by atoms with Gasteiger partial charge in [0.05, 0.1) is 4.47 Å². The normalized spacial score (nSPS) is 10.8. The van der Waals surface area contributed by atoms with E-state index in [0.29, 0.717) is 11.9 Å². The van der Waals surface area contributed by atoms with E-state index in [1.807, 2.05) is 24.3 Å². The van der Waals surface area contributed by atoms with Gasteiger partial charge >= 0.3 is 0 Å². The van der Waals surface area contributed by atoms with Crippen molar-refractivity contribution in [3.05, 3.63) is 40.2 Å². The number of nitrogens with zero attached hydrogens (tertiary/aromatic N) is 2. The van der Waals surface area contributed by atoms with Gasteiger partial charge in [0.15, 0.2) is 0 Å². The molecule has 0 aliphatic carbocycles. The van der Waals surface area contributed by atoms with Crippen LogP contribution in [-0.2, 0) is 0 Å². The third-order valence-corrected chi connectivity index (χ3v) is 4.07. The molecule has 1 heterocycles. The molecule has 0 aliphatic heterocycles. The molecule has 2 aromatic rings. The van der Waals surface area contributed by atoms with E-state index in [2.05, 4.69) is 49.8 Å². The molecule has 0 spiro atoms. The Morgan fingerprint density at radius 3 is 2.90 bits per heavy atom. The summed E-state index contributed by atoms with van der Waals surface area (Å²) >= 11 is 10.8. The van der Waals surface area contributed by atoms with Crippen molar-refractivity contribution in [3.63, 3.8) is 0 Å². The molecule has 0 fully saturated rings. The minimum atomic E-state index is 0.211. The van der Waals surface area contributed by atoms with Crippen LogP contribution in [0.5, 0.6) is 0 Å². The molecule has 0 saturated carbocycles. The topological polar surface area (TPSA) is 49.8 Å². The molecule has 0 amide bonds. The Balaban J connectivity index is 2.13. The van der Waals surface area contributed by atoms with Crippen molar-refractivity contribution in [1.29, 1.82) is 0 Å². The maximum Gasteiger partial charge on any atom is 0.224 e. The van der Waals surface area contributed by atoms with E-state index in [1.54, 1.807) is 18.1 Å². The Labute approximate surface area is 136 Å². The Hall–Kier alpha value is -0.820. The average Bonchev–Trinajstić information content (AvgIpc) is 2.41. The molecule has 1 aromatic heterocycles. The van der Waals surface area contributed by atoms with Crippen molar-refractivity contribution >= 4 is 51.0 Å². The summed E-state index contributed by atoms with van der Waals surface area (Å²) in [5.41, 5.74) is 0.941. The van der Waals surface area contributed by atoms with Crippen LogP contribution in [0.15, 0.2) is 39.8 Å². The lowest BCUT2D eigenvalue weighted by Crippen LogP contribution is -2.13. The first-order chi connectivity index (χ1) is 9.54. The third-order valence-electron chi connectivity index (χ3n) is 2.22. The quantitative estimate of drug-likeness (QED) is 0.590. The standard InChI is InChI=1S/C13H14BrClN4S/c1-8(2)19-20-10-5-3-4-9(6-10)17-12-11(14)7-16-13(15)18-12/h3-8,19H,1-2H3,(H,16,17,18). The predicted octanol–water partition coefficient (Wildman–Crippen LogP) is 4.64. The predicted molar refractivity (Wildman–Crippen MR) is 88.6 cm³/mol. The second-order valence-corrected chi connectivity index (χ2v) is 6.47. The summed E-state index contributed by atoms with van der Waals surface area (Å²) < 4.78 is 4.07. The maximum absolute atomic E-state index is 5.80. The van der Waals surface area contributed by atoms with Crippen molar-refractivity contribution < 1.29 is 0 Å². The van der Waals surface area contributed by atoms with Crippen LogP contribution in [0.2, 0.25) is 5.28 Å². The summed E-state index contributed by atoms with van der Waals surface area (Å²) in [5.74, 6) is 0.643. The monoisotopic (exact) mass is 372 g/mol. The molecule has 2 rings (SSSR count). The molecular formula is C13H14BrClN4S. The SMILES string of the molecule is CC(C)NSc1cccc(Nc2nc(Cl)ncc2Br)c1. The molecular weight excluding hydrogens is 360 g/mol. The molecule has 106 valence electrons. The zero-order valence-corrected chi connectivity index (χ0v) is 14.2. The van der Waals surface area contributed by atoms with E-state index < -0.39 is 0 Å². The van der Waals surface area contributed by atoms with Crippen LogP contribution in [0, 0.1) is 0 Å². The van der Waals surface area contributed by atoms with Gasteiger partial charge in [-0.15, -0.1) is 0 Å². The van der Waals surface area contributed by atoms with Gasteiger partial charge < -0.3 is 5.32 Å². The van der Waals surface area contributed by atoms with Gasteiger partial charge in [-0.2, -0.15) is 4.98 Å². The van der Waals surface area contributed by atoms with Crippen molar-refractivity contribution in [2.75, 3.05) is 5.32 Å². The molecule has 0 bridgehead atoms. The Bertz CT molecular complexity index is 594. The van der Waals surface area contributed by atoms with Crippen LogP contribution >= 0.6 is 39.5 Å². The third kappa shape index (κ3) is 4.63. The molecule has 20 heavy (non-hydrogen) atoms. The first-order valence-corrected chi connectivity index (χ1v) is 8.01. The minimum absolute atomic E-state index is 0.211. The van der Waals surface area contributed by atoms with Gasteiger partial charge in [0.1, 0.15) is 5.82 Å². The highest BCUT2D eigenvalue weighted by molar-refractivity contribution is 9.10. The van der Waals surface area contributed by atoms with Gasteiger partial charge in [0, 0.05) is 22.8 Å². The largest absolute Gasteiger partial charge is 0.339 e. The number of hydrogen-bond acceptors (Lipinski definition) is 5. The van der Waals surface area contributed by atoms with Crippen molar-refractivity contribution in [3.8, 4) is 0 Å². The lowest BCUT2D eigenvalue weighted by molar-refractivity contribution is 0.771. The molecule has 0 atom stereocenters. The number of aromatic nitrogens is 2. The van der Waals surface area contributed by atoms with Crippen LogP contribution in [-0.4, -0.2) is 16.0 Å². The lowest BCUT2D eigenvalue weighted by atomic mass is 10.3. The Morgan fingerprint density at radius 2 is 2.15 bits per heavy atom. The van der Waals surface area contributed by atoms with E-state index >= 15 is 0 Å². The fraction of sp³-hybridized carbons (Fsp3) is 0.231. The zero-order valence-electron chi connectivity index (χ0n) is 11.0. The van der Waals surface area contributed by atoms with Gasteiger partial charge in [-0.25, -0.2) is 4.98 Å². The fourth-order valence-electron chi connectivity index (χ4n) is 1.39. The summed E-state index contributed by atoms with van der Waals surface area (Å²) in [6, 6.07) is 8.48. The molecule has 1 aromatic carbocycles. The average molecular weight is 374 g/mol. The number of benzene rings is 1. The molecule has 4 nitrogen and oxygen atoms in total. The van der Waals surface area contributed by atoms with E-state index in [9.17, 15) is 0 Å². The number of anilines is 2. The summed E-state index contributed by atoms with van der Waals surface area (Å²) in [6.45, 7) is 4.21. The highest BCUT2D eigenvalue weighted by atomic mass is 79.9. The van der Waals surface area contributed by atoms with Crippen molar-refractivity contribution in [2.45, 2.75) is 24.8 Å². The van der Waals surface area contributed by atoms with Gasteiger partial charge in [0.2, 0.25) is 5.28 Å². The number of hydrogen-bond donors (Lipinski definition) is 2. The maximum atomic E-state index is 5.80. The summed E-state index contributed by atoms with van der Waals surface area (Å²) in [7, 11) is 0. The zero-order chi connectivity index (χ0) is 14.5. The molecule has 0 radical (unpaired) electrons. The molecule has 2 N–H and O–H groups in total. The first-order valence-electron chi connectivity index (χ1n) is 6.02. The van der Waals surface area contributed by atoms with Crippen LogP contribution < -0.4 is 10.0 Å². The number of rotatable bonds is 5. The van der Waals surface area contributed by atoms with Gasteiger partial charge in [0.25, 0.3) is 0 Å².